The molecule has 1 atom stereocenters. The van der Waals surface area contributed by atoms with Crippen molar-refractivity contribution in [2.24, 2.45) is 10.1 Å². The number of likely N-dealkylation sites (tertiary alicyclic amines) is 1. The van der Waals surface area contributed by atoms with Gasteiger partial charge >= 0.3 is 5.69 Å². The molecule has 1 fully saturated rings. The average Bonchev–Trinajstić information content (AvgIpc) is 3.36. The molecule has 0 saturated carbocycles. The van der Waals surface area contributed by atoms with Gasteiger partial charge in [-0.2, -0.15) is 0 Å². The van der Waals surface area contributed by atoms with Crippen LogP contribution in [0.25, 0.3) is 17.2 Å². The highest BCUT2D eigenvalue weighted by Gasteiger charge is 2.25. The van der Waals surface area contributed by atoms with Crippen molar-refractivity contribution in [3.8, 4) is 0 Å². The van der Waals surface area contributed by atoms with E-state index in [0.29, 0.717) is 10.6 Å². The fourth-order valence-corrected chi connectivity index (χ4v) is 6.77. The number of nitrogens with one attached hydrogen (secondary N) is 1. The molecule has 3 heterocycles. The van der Waals surface area contributed by atoms with Crippen LogP contribution in [0.4, 0.5) is 5.69 Å². The molecule has 2 aliphatic rings. The van der Waals surface area contributed by atoms with Gasteiger partial charge in [0.2, 0.25) is 10.0 Å². The summed E-state index contributed by atoms with van der Waals surface area (Å²) in [7, 11) is -3.84. The largest absolute Gasteiger partial charge is 0.326 e. The number of aromatic nitrogens is 2. The maximum Gasteiger partial charge on any atom is 0.326 e. The molecule has 3 N–H and O–H groups in total. The Kier molecular flexibility index (Phi) is 6.97. The standard InChI is InChI=1S/C33H32N6O3S/c34-43(41,42)28-14-15-29-25(20-28)22-38(32(35-29)24-6-2-1-3-7-24)26-12-10-23(11-13-26)21-37-18-16-27(17-19-37)39-31-9-5-4-8-30(31)36-33(39)40/h1-15,20,22,27,32H,16-19,21H2,(H,36,40)(H2,34,41,42). The van der Waals surface area contributed by atoms with Gasteiger partial charge in [-0.1, -0.05) is 54.6 Å². The Morgan fingerprint density at radius 2 is 1.60 bits per heavy atom. The Hall–Kier alpha value is -4.51. The first-order chi connectivity index (χ1) is 20.8. The third kappa shape index (κ3) is 5.40. The molecule has 0 spiro atoms. The molecule has 0 bridgehead atoms. The molecule has 218 valence electrons. The lowest BCUT2D eigenvalue weighted by atomic mass is 10.0. The number of aromatic amines is 1. The number of rotatable bonds is 6. The van der Waals surface area contributed by atoms with Crippen molar-refractivity contribution >= 4 is 32.9 Å². The highest BCUT2D eigenvalue weighted by Crippen LogP contribution is 2.31. The summed E-state index contributed by atoms with van der Waals surface area (Å²) in [6.45, 7) is 2.65. The number of hydrogen-bond acceptors (Lipinski definition) is 6. The monoisotopic (exact) mass is 592 g/mol. The van der Waals surface area contributed by atoms with Crippen LogP contribution in [0.1, 0.15) is 36.2 Å². The van der Waals surface area contributed by atoms with E-state index >= 15 is 0 Å². The van der Waals surface area contributed by atoms with Gasteiger partial charge in [-0.25, -0.2) is 18.4 Å². The van der Waals surface area contributed by atoms with E-state index in [1.54, 1.807) is 12.1 Å². The van der Waals surface area contributed by atoms with E-state index in [-0.39, 0.29) is 22.8 Å². The molecule has 0 amide bonds. The number of nitrogens with two attached hydrogens (primary N) is 1. The summed E-state index contributed by atoms with van der Waals surface area (Å²) in [6.07, 6.45) is 3.49. The molecule has 7 rings (SSSR count). The molecule has 0 radical (unpaired) electrons. The van der Waals surface area contributed by atoms with E-state index in [0.717, 1.165) is 54.8 Å². The van der Waals surface area contributed by atoms with E-state index < -0.39 is 10.0 Å². The fourth-order valence-electron chi connectivity index (χ4n) is 6.23. The highest BCUT2D eigenvalue weighted by atomic mass is 32.2. The van der Waals surface area contributed by atoms with Crippen molar-refractivity contribution in [2.75, 3.05) is 18.0 Å². The highest BCUT2D eigenvalue weighted by molar-refractivity contribution is 7.89. The van der Waals surface area contributed by atoms with Crippen LogP contribution in [-0.4, -0.2) is 36.0 Å². The first kappa shape index (κ1) is 27.3. The maximum atomic E-state index is 12.7. The van der Waals surface area contributed by atoms with Gasteiger partial charge in [-0.15, -0.1) is 0 Å². The molecule has 0 aliphatic carbocycles. The van der Waals surface area contributed by atoms with Gasteiger partial charge < -0.3 is 9.88 Å². The Labute approximate surface area is 249 Å². The lowest BCUT2D eigenvalue weighted by molar-refractivity contribution is 0.180. The first-order valence-electron chi connectivity index (χ1n) is 14.4. The average molecular weight is 593 g/mol. The van der Waals surface area contributed by atoms with Crippen molar-refractivity contribution in [3.05, 3.63) is 129 Å². The minimum Gasteiger partial charge on any atom is -0.321 e. The minimum atomic E-state index is -3.84. The van der Waals surface area contributed by atoms with E-state index in [1.807, 2.05) is 65.4 Å². The summed E-state index contributed by atoms with van der Waals surface area (Å²) >= 11 is 0. The Morgan fingerprint density at radius 1 is 0.884 bits per heavy atom. The zero-order chi connectivity index (χ0) is 29.6. The summed E-state index contributed by atoms with van der Waals surface area (Å²) in [4.78, 5) is 25.2. The number of hydrogen-bond donors (Lipinski definition) is 2. The summed E-state index contributed by atoms with van der Waals surface area (Å²) in [6, 6.07) is 31.3. The van der Waals surface area contributed by atoms with Crippen LogP contribution in [0.15, 0.2) is 112 Å². The number of imidazole rings is 1. The number of para-hydroxylation sites is 2. The van der Waals surface area contributed by atoms with Crippen LogP contribution in [0.5, 0.6) is 0 Å². The number of benzene rings is 4. The summed E-state index contributed by atoms with van der Waals surface area (Å²) in [5.74, 6) is 0. The number of nitrogens with zero attached hydrogens (tertiary/aromatic N) is 4. The van der Waals surface area contributed by atoms with E-state index in [4.69, 9.17) is 10.1 Å². The molecule has 1 aromatic heterocycles. The predicted octanol–water partition coefficient (Wildman–Crippen LogP) is 3.39. The summed E-state index contributed by atoms with van der Waals surface area (Å²) in [5, 5.41) is 6.81. The molecule has 43 heavy (non-hydrogen) atoms. The second-order valence-electron chi connectivity index (χ2n) is 11.2. The van der Waals surface area contributed by atoms with Crippen LogP contribution in [0, 0.1) is 0 Å². The maximum absolute atomic E-state index is 12.7. The molecule has 2 aliphatic heterocycles. The molecule has 1 unspecified atom stereocenters. The van der Waals surface area contributed by atoms with Crippen molar-refractivity contribution in [2.45, 2.75) is 36.5 Å². The summed E-state index contributed by atoms with van der Waals surface area (Å²) < 4.78 is 25.9. The number of primary sulfonamides is 1. The number of sulfonamides is 1. The first-order valence-corrected chi connectivity index (χ1v) is 15.9. The van der Waals surface area contributed by atoms with E-state index in [1.165, 1.54) is 11.6 Å². The smallest absolute Gasteiger partial charge is 0.321 e. The second-order valence-corrected chi connectivity index (χ2v) is 12.8. The topological polar surface area (TPSA) is 117 Å². The number of piperidine rings is 1. The Morgan fingerprint density at radius 3 is 2.35 bits per heavy atom. The normalized spacial score (nSPS) is 17.8. The molecule has 1 saturated heterocycles. The van der Waals surface area contributed by atoms with Gasteiger partial charge in [-0.3, -0.25) is 14.5 Å². The minimum absolute atomic E-state index is 0.0335. The third-order valence-corrected chi connectivity index (χ3v) is 9.33. The number of anilines is 1. The number of H-pyrrole nitrogens is 1. The Bertz CT molecular complexity index is 2080. The quantitative estimate of drug-likeness (QED) is 0.314. The zero-order valence-electron chi connectivity index (χ0n) is 23.5. The van der Waals surface area contributed by atoms with Gasteiger partial charge in [0.05, 0.1) is 21.3 Å². The molecule has 4 aromatic carbocycles. The van der Waals surface area contributed by atoms with Crippen molar-refractivity contribution in [1.82, 2.24) is 14.5 Å². The summed E-state index contributed by atoms with van der Waals surface area (Å²) in [5.41, 5.74) is 5.01. The van der Waals surface area contributed by atoms with Crippen LogP contribution < -0.4 is 26.3 Å². The lowest BCUT2D eigenvalue weighted by Gasteiger charge is -2.33. The SMILES string of the molecule is NS(=O)(=O)c1ccc2c(c1)=CN(c1ccc(CN3CCC(n4c(=O)[nH]c5ccccc54)CC3)cc1)C(c1ccccc1)N=2. The third-order valence-electron chi connectivity index (χ3n) is 8.42. The van der Waals surface area contributed by atoms with Crippen LogP contribution in [0.3, 0.4) is 0 Å². The molecular formula is C33H32N6O3S. The van der Waals surface area contributed by atoms with Crippen LogP contribution >= 0.6 is 0 Å². The molecule has 9 nitrogen and oxygen atoms in total. The van der Waals surface area contributed by atoms with Gasteiger partial charge in [0.15, 0.2) is 6.17 Å². The second kappa shape index (κ2) is 11.0. The van der Waals surface area contributed by atoms with E-state index in [2.05, 4.69) is 39.0 Å². The van der Waals surface area contributed by atoms with Crippen molar-refractivity contribution in [1.29, 1.82) is 0 Å². The van der Waals surface area contributed by atoms with Gasteiger partial charge in [-0.05, 0) is 66.4 Å². The lowest BCUT2D eigenvalue weighted by Crippen LogP contribution is -2.38. The molecule has 5 aromatic rings. The fraction of sp³-hybridized carbons (Fsp3) is 0.212. The van der Waals surface area contributed by atoms with Crippen molar-refractivity contribution in [3.63, 3.8) is 0 Å². The van der Waals surface area contributed by atoms with E-state index in [9.17, 15) is 13.2 Å². The Balaban J connectivity index is 1.10. The van der Waals surface area contributed by atoms with Crippen LogP contribution in [0.2, 0.25) is 0 Å². The van der Waals surface area contributed by atoms with Gasteiger partial charge in [0.25, 0.3) is 0 Å². The number of fused-ring (bicyclic) bond motifs is 2. The molecular weight excluding hydrogens is 560 g/mol. The van der Waals surface area contributed by atoms with Crippen LogP contribution in [-0.2, 0) is 16.6 Å². The zero-order valence-corrected chi connectivity index (χ0v) is 24.3. The molecule has 10 heteroatoms. The van der Waals surface area contributed by atoms with Gasteiger partial charge in [0.1, 0.15) is 0 Å². The van der Waals surface area contributed by atoms with Crippen molar-refractivity contribution < 1.29 is 8.42 Å². The predicted molar refractivity (Wildman–Crippen MR) is 167 cm³/mol. The van der Waals surface area contributed by atoms with Gasteiger partial charge in [0, 0.05) is 42.8 Å².